The molecule has 1 atom stereocenters. The quantitative estimate of drug-likeness (QED) is 0.622. The number of hydrogen-bond acceptors (Lipinski definition) is 0. The third-order valence-corrected chi connectivity index (χ3v) is 3.29. The highest BCUT2D eigenvalue weighted by Crippen LogP contribution is 2.37. The third kappa shape index (κ3) is 1.41. The number of hydrogen-bond donors (Lipinski definition) is 0. The maximum atomic E-state index is 2.32. The van der Waals surface area contributed by atoms with Crippen molar-refractivity contribution < 1.29 is 0 Å². The molecule has 0 aliphatic heterocycles. The molecule has 0 heteroatoms. The number of allylic oxidation sites excluding steroid dienone is 4. The van der Waals surface area contributed by atoms with E-state index in [0.717, 1.165) is 6.42 Å². The van der Waals surface area contributed by atoms with E-state index in [1.807, 2.05) is 0 Å². The molecule has 0 bridgehead atoms. The predicted molar refractivity (Wildman–Crippen MR) is 61.3 cm³/mol. The van der Waals surface area contributed by atoms with Gasteiger partial charge in [0.1, 0.15) is 0 Å². The van der Waals surface area contributed by atoms with Crippen LogP contribution >= 0.6 is 0 Å². The Labute approximate surface area is 86.0 Å². The van der Waals surface area contributed by atoms with E-state index in [-0.39, 0.29) is 5.41 Å². The lowest BCUT2D eigenvalue weighted by Crippen LogP contribution is -2.24. The Balaban J connectivity index is 2.43. The Morgan fingerprint density at radius 1 is 1.14 bits per heavy atom. The van der Waals surface area contributed by atoms with Gasteiger partial charge in [-0.2, -0.15) is 0 Å². The van der Waals surface area contributed by atoms with Gasteiger partial charge in [-0.05, 0) is 18.9 Å². The van der Waals surface area contributed by atoms with Gasteiger partial charge in [-0.15, -0.1) is 0 Å². The maximum Gasteiger partial charge on any atom is 0.0168 e. The van der Waals surface area contributed by atoms with Crippen molar-refractivity contribution in [2.45, 2.75) is 25.7 Å². The predicted octanol–water partition coefficient (Wildman–Crippen LogP) is 3.85. The zero-order valence-electron chi connectivity index (χ0n) is 8.83. The lowest BCUT2D eigenvalue weighted by atomic mass is 9.72. The van der Waals surface area contributed by atoms with Crippen molar-refractivity contribution in [1.82, 2.24) is 0 Å². The van der Waals surface area contributed by atoms with Crippen molar-refractivity contribution in [2.24, 2.45) is 0 Å². The molecule has 1 aromatic rings. The van der Waals surface area contributed by atoms with Gasteiger partial charge >= 0.3 is 0 Å². The molecule has 1 aliphatic rings. The molecule has 0 aromatic heterocycles. The standard InChI is InChI=1S/C14H16/c1-12-8-6-7-11-14(12,2)13-9-4-3-5-10-13/h3-10H,11H2,1-2H3. The molecule has 0 saturated heterocycles. The van der Waals surface area contributed by atoms with Crippen LogP contribution in [0.5, 0.6) is 0 Å². The van der Waals surface area contributed by atoms with Crippen LogP contribution < -0.4 is 0 Å². The molecule has 2 rings (SSSR count). The second-order valence-corrected chi connectivity index (χ2v) is 4.18. The molecule has 1 aromatic carbocycles. The highest BCUT2D eigenvalue weighted by Gasteiger charge is 2.27. The monoisotopic (exact) mass is 184 g/mol. The number of rotatable bonds is 1. The van der Waals surface area contributed by atoms with Gasteiger partial charge in [-0.1, -0.05) is 61.1 Å². The summed E-state index contributed by atoms with van der Waals surface area (Å²) in [7, 11) is 0. The van der Waals surface area contributed by atoms with Gasteiger partial charge in [0.25, 0.3) is 0 Å². The van der Waals surface area contributed by atoms with Crippen molar-refractivity contribution in [3.05, 3.63) is 59.7 Å². The van der Waals surface area contributed by atoms with Crippen LogP contribution in [0, 0.1) is 0 Å². The van der Waals surface area contributed by atoms with Crippen LogP contribution in [-0.4, -0.2) is 0 Å². The summed E-state index contributed by atoms with van der Waals surface area (Å²) in [5.41, 5.74) is 3.07. The van der Waals surface area contributed by atoms with Crippen LogP contribution in [0.15, 0.2) is 54.1 Å². The summed E-state index contributed by atoms with van der Waals surface area (Å²) in [6.45, 7) is 4.54. The molecule has 0 N–H and O–H groups in total. The van der Waals surface area contributed by atoms with E-state index < -0.39 is 0 Å². The van der Waals surface area contributed by atoms with E-state index in [1.165, 1.54) is 11.1 Å². The first-order valence-corrected chi connectivity index (χ1v) is 5.13. The second-order valence-electron chi connectivity index (χ2n) is 4.18. The smallest absolute Gasteiger partial charge is 0.0168 e. The summed E-state index contributed by atoms with van der Waals surface area (Å²) < 4.78 is 0. The Kier molecular flexibility index (Phi) is 2.28. The minimum Gasteiger partial charge on any atom is -0.0833 e. The highest BCUT2D eigenvalue weighted by molar-refractivity contribution is 5.39. The average molecular weight is 184 g/mol. The molecule has 0 fully saturated rings. The Morgan fingerprint density at radius 3 is 2.50 bits per heavy atom. The molecule has 1 unspecified atom stereocenters. The summed E-state index contributed by atoms with van der Waals surface area (Å²) >= 11 is 0. The van der Waals surface area contributed by atoms with E-state index in [9.17, 15) is 0 Å². The molecule has 1 aliphatic carbocycles. The van der Waals surface area contributed by atoms with Gasteiger partial charge in [-0.3, -0.25) is 0 Å². The molecule has 0 nitrogen and oxygen atoms in total. The van der Waals surface area contributed by atoms with Crippen LogP contribution in [-0.2, 0) is 5.41 Å². The van der Waals surface area contributed by atoms with Crippen molar-refractivity contribution in [2.75, 3.05) is 0 Å². The molecule has 0 radical (unpaired) electrons. The van der Waals surface area contributed by atoms with Crippen molar-refractivity contribution >= 4 is 0 Å². The lowest BCUT2D eigenvalue weighted by molar-refractivity contribution is 0.560. The van der Waals surface area contributed by atoms with Crippen LogP contribution in [0.4, 0.5) is 0 Å². The van der Waals surface area contributed by atoms with Crippen LogP contribution in [0.2, 0.25) is 0 Å². The SMILES string of the molecule is CC1=CC=CCC1(C)c1ccccc1. The van der Waals surface area contributed by atoms with Gasteiger partial charge in [0, 0.05) is 5.41 Å². The fourth-order valence-electron chi connectivity index (χ4n) is 2.01. The fraction of sp³-hybridized carbons (Fsp3) is 0.286. The Hall–Kier alpha value is -1.30. The first kappa shape index (κ1) is 9.26. The normalized spacial score (nSPS) is 26.0. The third-order valence-electron chi connectivity index (χ3n) is 3.29. The van der Waals surface area contributed by atoms with Gasteiger partial charge in [-0.25, -0.2) is 0 Å². The van der Waals surface area contributed by atoms with Crippen molar-refractivity contribution in [3.63, 3.8) is 0 Å². The molecule has 72 valence electrons. The zero-order chi connectivity index (χ0) is 10.0. The van der Waals surface area contributed by atoms with E-state index in [2.05, 4.69) is 62.4 Å². The van der Waals surface area contributed by atoms with Gasteiger partial charge < -0.3 is 0 Å². The minimum atomic E-state index is 0.204. The van der Waals surface area contributed by atoms with E-state index in [1.54, 1.807) is 0 Å². The zero-order valence-corrected chi connectivity index (χ0v) is 8.83. The molecular weight excluding hydrogens is 168 g/mol. The molecule has 14 heavy (non-hydrogen) atoms. The molecule has 0 spiro atoms. The average Bonchev–Trinajstić information content (AvgIpc) is 2.24. The van der Waals surface area contributed by atoms with Crippen LogP contribution in [0.1, 0.15) is 25.8 Å². The summed E-state index contributed by atoms with van der Waals surface area (Å²) in [6.07, 6.45) is 7.73. The van der Waals surface area contributed by atoms with Gasteiger partial charge in [0.05, 0.1) is 0 Å². The topological polar surface area (TPSA) is 0 Å². The van der Waals surface area contributed by atoms with Gasteiger partial charge in [0.15, 0.2) is 0 Å². The maximum absolute atomic E-state index is 2.32. The van der Waals surface area contributed by atoms with E-state index in [4.69, 9.17) is 0 Å². The second kappa shape index (κ2) is 3.45. The Bertz CT molecular complexity index is 370. The van der Waals surface area contributed by atoms with Crippen LogP contribution in [0.25, 0.3) is 0 Å². The summed E-state index contributed by atoms with van der Waals surface area (Å²) in [6, 6.07) is 10.7. The molecule has 0 saturated carbocycles. The summed E-state index contributed by atoms with van der Waals surface area (Å²) in [4.78, 5) is 0. The van der Waals surface area contributed by atoms with Crippen molar-refractivity contribution in [3.8, 4) is 0 Å². The first-order chi connectivity index (χ1) is 6.73. The molecule has 0 amide bonds. The Morgan fingerprint density at radius 2 is 1.86 bits per heavy atom. The first-order valence-electron chi connectivity index (χ1n) is 5.13. The van der Waals surface area contributed by atoms with E-state index >= 15 is 0 Å². The highest BCUT2D eigenvalue weighted by atomic mass is 14.3. The largest absolute Gasteiger partial charge is 0.0833 e. The van der Waals surface area contributed by atoms with Crippen LogP contribution in [0.3, 0.4) is 0 Å². The number of benzene rings is 1. The fourth-order valence-corrected chi connectivity index (χ4v) is 2.01. The molecular formula is C14H16. The molecule has 0 heterocycles. The van der Waals surface area contributed by atoms with Crippen molar-refractivity contribution in [1.29, 1.82) is 0 Å². The summed E-state index contributed by atoms with van der Waals surface area (Å²) in [5, 5.41) is 0. The summed E-state index contributed by atoms with van der Waals surface area (Å²) in [5.74, 6) is 0. The lowest BCUT2D eigenvalue weighted by Gasteiger charge is -2.32. The minimum absolute atomic E-state index is 0.204. The van der Waals surface area contributed by atoms with Gasteiger partial charge in [0.2, 0.25) is 0 Å². The van der Waals surface area contributed by atoms with E-state index in [0.29, 0.717) is 0 Å².